The van der Waals surface area contributed by atoms with Gasteiger partial charge in [0.2, 0.25) is 0 Å². The molecule has 0 N–H and O–H groups in total. The van der Waals surface area contributed by atoms with E-state index in [9.17, 15) is 14.4 Å². The van der Waals surface area contributed by atoms with Crippen molar-refractivity contribution in [3.63, 3.8) is 0 Å². The maximum atomic E-state index is 14.5. The van der Waals surface area contributed by atoms with Gasteiger partial charge in [-0.05, 0) is 41.5 Å². The van der Waals surface area contributed by atoms with Crippen molar-refractivity contribution in [1.29, 1.82) is 0 Å². The van der Waals surface area contributed by atoms with Crippen molar-refractivity contribution in [2.45, 2.75) is 38.8 Å². The number of carbonyl (C=O) groups excluding carboxylic acids is 3. The van der Waals surface area contributed by atoms with Gasteiger partial charge in [-0.25, -0.2) is 0 Å². The lowest BCUT2D eigenvalue weighted by molar-refractivity contribution is -0.127. The lowest BCUT2D eigenvalue weighted by Crippen LogP contribution is -2.49. The number of benzene rings is 3. The first-order valence-electron chi connectivity index (χ1n) is 12.3. The zero-order valence-electron chi connectivity index (χ0n) is 20.7. The Labute approximate surface area is 225 Å². The molecule has 2 aliphatic heterocycles. The summed E-state index contributed by atoms with van der Waals surface area (Å²) in [6.07, 6.45) is 3.82. The first-order valence-corrected chi connectivity index (χ1v) is 13.1. The number of hydrogen-bond donors (Lipinski definition) is 0. The molecule has 186 valence electrons. The normalized spacial score (nSPS) is 23.3. The van der Waals surface area contributed by atoms with Crippen LogP contribution in [0.1, 0.15) is 58.5 Å². The van der Waals surface area contributed by atoms with E-state index in [1.54, 1.807) is 42.5 Å². The van der Waals surface area contributed by atoms with Gasteiger partial charge < -0.3 is 4.90 Å². The van der Waals surface area contributed by atoms with E-state index in [0.29, 0.717) is 21.2 Å². The van der Waals surface area contributed by atoms with E-state index < -0.39 is 28.8 Å². The molecule has 3 atom stereocenters. The summed E-state index contributed by atoms with van der Waals surface area (Å²) in [4.78, 5) is 45.3. The Morgan fingerprint density at radius 1 is 0.865 bits per heavy atom. The number of rotatable bonds is 2. The van der Waals surface area contributed by atoms with Crippen molar-refractivity contribution in [2.75, 3.05) is 4.90 Å². The summed E-state index contributed by atoms with van der Waals surface area (Å²) in [5.74, 6) is -1.24. The van der Waals surface area contributed by atoms with Crippen LogP contribution in [0.15, 0.2) is 72.8 Å². The van der Waals surface area contributed by atoms with E-state index in [-0.39, 0.29) is 17.3 Å². The molecule has 1 aliphatic carbocycles. The SMILES string of the molecule is CC(C)(C)C(=O)[C@H]1[C@H](c2ccc(Cl)cc2)C2(C(=O)c3ccccc3C2=O)[C@H]2C=Cc3cc(Cl)ccc3N12. The van der Waals surface area contributed by atoms with Crippen LogP contribution < -0.4 is 4.90 Å². The fraction of sp³-hybridized carbons (Fsp3) is 0.258. The lowest BCUT2D eigenvalue weighted by Gasteiger charge is -2.38. The van der Waals surface area contributed by atoms with Crippen LogP contribution >= 0.6 is 23.2 Å². The van der Waals surface area contributed by atoms with E-state index in [0.717, 1.165) is 16.8 Å². The van der Waals surface area contributed by atoms with Crippen molar-refractivity contribution < 1.29 is 14.4 Å². The molecule has 1 spiro atoms. The second kappa shape index (κ2) is 8.14. The average molecular weight is 530 g/mol. The van der Waals surface area contributed by atoms with Crippen molar-refractivity contribution >= 4 is 52.3 Å². The maximum absolute atomic E-state index is 14.5. The highest BCUT2D eigenvalue weighted by atomic mass is 35.5. The van der Waals surface area contributed by atoms with Crippen LogP contribution in [0.5, 0.6) is 0 Å². The van der Waals surface area contributed by atoms with Crippen molar-refractivity contribution in [2.24, 2.45) is 10.8 Å². The average Bonchev–Trinajstić information content (AvgIpc) is 3.29. The van der Waals surface area contributed by atoms with E-state index in [2.05, 4.69) is 0 Å². The summed E-state index contributed by atoms with van der Waals surface area (Å²) in [6, 6.07) is 18.3. The number of anilines is 1. The minimum Gasteiger partial charge on any atom is -0.352 e. The number of Topliss-reactive ketones (excluding diaryl/α,β-unsaturated/α-hetero) is 3. The van der Waals surface area contributed by atoms with Gasteiger partial charge in [0.1, 0.15) is 5.41 Å². The number of carbonyl (C=O) groups is 3. The van der Waals surface area contributed by atoms with Crippen LogP contribution in [0.2, 0.25) is 10.0 Å². The summed E-state index contributed by atoms with van der Waals surface area (Å²) >= 11 is 12.6. The summed E-state index contributed by atoms with van der Waals surface area (Å²) < 4.78 is 0. The quantitative estimate of drug-likeness (QED) is 0.334. The molecular formula is C31H25Cl2NO3. The number of nitrogens with zero attached hydrogens (tertiary/aromatic N) is 1. The molecule has 37 heavy (non-hydrogen) atoms. The van der Waals surface area contributed by atoms with Crippen molar-refractivity contribution in [3.05, 3.63) is 105 Å². The van der Waals surface area contributed by atoms with Crippen LogP contribution in [-0.2, 0) is 4.79 Å². The van der Waals surface area contributed by atoms with Crippen LogP contribution in [0.3, 0.4) is 0 Å². The zero-order chi connectivity index (χ0) is 26.3. The lowest BCUT2D eigenvalue weighted by atomic mass is 9.63. The minimum absolute atomic E-state index is 0.0397. The molecule has 4 nitrogen and oxygen atoms in total. The standard InChI is InChI=1S/C31H25Cl2NO3/c1-30(2,3)29(37)26-25(17-8-11-19(32)12-9-17)31(27(35)21-6-4-5-7-22(21)28(31)36)24-15-10-18-16-20(33)13-14-23(18)34(24)26/h4-16,24-26H,1-3H3/t24-,25+,26-/m1/s1. The van der Waals surface area contributed by atoms with Gasteiger partial charge in [0, 0.05) is 38.2 Å². The molecule has 6 heteroatoms. The first kappa shape index (κ1) is 24.1. The Bertz CT molecular complexity index is 1480. The Balaban J connectivity index is 1.70. The molecular weight excluding hydrogens is 505 g/mol. The van der Waals surface area contributed by atoms with Crippen LogP contribution in [0.4, 0.5) is 5.69 Å². The van der Waals surface area contributed by atoms with Gasteiger partial charge in [0.05, 0.1) is 12.1 Å². The first-order chi connectivity index (χ1) is 17.6. The van der Waals surface area contributed by atoms with Crippen molar-refractivity contribution in [3.8, 4) is 0 Å². The molecule has 1 fully saturated rings. The second-order valence-electron chi connectivity index (χ2n) is 11.1. The predicted octanol–water partition coefficient (Wildman–Crippen LogP) is 7.04. The molecule has 0 bridgehead atoms. The highest BCUT2D eigenvalue weighted by Gasteiger charge is 2.71. The van der Waals surface area contributed by atoms with Crippen LogP contribution in [0.25, 0.3) is 6.08 Å². The number of hydrogen-bond acceptors (Lipinski definition) is 4. The molecule has 0 unspecified atom stereocenters. The van der Waals surface area contributed by atoms with Gasteiger partial charge >= 0.3 is 0 Å². The summed E-state index contributed by atoms with van der Waals surface area (Å²) in [6.45, 7) is 5.64. The largest absolute Gasteiger partial charge is 0.352 e. The maximum Gasteiger partial charge on any atom is 0.180 e. The fourth-order valence-electron chi connectivity index (χ4n) is 6.43. The van der Waals surface area contributed by atoms with Crippen molar-refractivity contribution in [1.82, 2.24) is 0 Å². The molecule has 3 aromatic rings. The van der Waals surface area contributed by atoms with Gasteiger partial charge in [-0.15, -0.1) is 0 Å². The molecule has 3 aromatic carbocycles. The van der Waals surface area contributed by atoms with E-state index in [1.807, 2.05) is 62.1 Å². The monoisotopic (exact) mass is 529 g/mol. The van der Waals surface area contributed by atoms with E-state index in [1.165, 1.54) is 0 Å². The van der Waals surface area contributed by atoms with E-state index >= 15 is 0 Å². The Morgan fingerprint density at radius 3 is 2.05 bits per heavy atom. The molecule has 6 rings (SSSR count). The third-order valence-corrected chi connectivity index (χ3v) is 8.49. The third kappa shape index (κ3) is 3.25. The Morgan fingerprint density at radius 2 is 1.46 bits per heavy atom. The van der Waals surface area contributed by atoms with Gasteiger partial charge in [-0.2, -0.15) is 0 Å². The summed E-state index contributed by atoms with van der Waals surface area (Å²) in [7, 11) is 0. The molecule has 0 amide bonds. The predicted molar refractivity (Wildman–Crippen MR) is 147 cm³/mol. The zero-order valence-corrected chi connectivity index (χ0v) is 22.2. The fourth-order valence-corrected chi connectivity index (χ4v) is 6.74. The molecule has 0 saturated carbocycles. The van der Waals surface area contributed by atoms with Gasteiger partial charge in [0.15, 0.2) is 17.3 Å². The molecule has 3 aliphatic rings. The minimum atomic E-state index is -1.50. The molecule has 0 radical (unpaired) electrons. The Hall–Kier alpha value is -3.21. The second-order valence-corrected chi connectivity index (χ2v) is 11.9. The smallest absolute Gasteiger partial charge is 0.180 e. The number of fused-ring (bicyclic) bond motifs is 5. The molecule has 2 heterocycles. The summed E-state index contributed by atoms with van der Waals surface area (Å²) in [5, 5.41) is 1.11. The van der Waals surface area contributed by atoms with Crippen LogP contribution in [-0.4, -0.2) is 29.4 Å². The molecule has 1 saturated heterocycles. The highest BCUT2D eigenvalue weighted by Crippen LogP contribution is 2.61. The van der Waals surface area contributed by atoms with Gasteiger partial charge in [-0.3, -0.25) is 14.4 Å². The van der Waals surface area contributed by atoms with Gasteiger partial charge in [0.25, 0.3) is 0 Å². The van der Waals surface area contributed by atoms with Crippen LogP contribution in [0, 0.1) is 10.8 Å². The molecule has 0 aromatic heterocycles. The van der Waals surface area contributed by atoms with E-state index in [4.69, 9.17) is 23.2 Å². The number of halogens is 2. The third-order valence-electron chi connectivity index (χ3n) is 8.00. The highest BCUT2D eigenvalue weighted by molar-refractivity contribution is 6.33. The van der Waals surface area contributed by atoms with Gasteiger partial charge in [-0.1, -0.05) is 92.5 Å². The topological polar surface area (TPSA) is 54.5 Å². The number of ketones is 3. The summed E-state index contributed by atoms with van der Waals surface area (Å²) in [5.41, 5.74) is 0.953. The Kier molecular flexibility index (Phi) is 5.31.